The Bertz CT molecular complexity index is 269. The monoisotopic (exact) mass is 304 g/mol. The minimum atomic E-state index is -1.39. The van der Waals surface area contributed by atoms with Gasteiger partial charge in [0.25, 0.3) is 0 Å². The van der Waals surface area contributed by atoms with E-state index in [0.29, 0.717) is 13.2 Å². The van der Waals surface area contributed by atoms with Gasteiger partial charge in [-0.25, -0.2) is 0 Å². The van der Waals surface area contributed by atoms with E-state index in [-0.39, 0.29) is 17.4 Å². The van der Waals surface area contributed by atoms with Crippen molar-refractivity contribution in [3.8, 4) is 0 Å². The number of unbranched alkanes of at least 4 members (excludes halogenated alkanes) is 2. The molecule has 0 saturated heterocycles. The third kappa shape index (κ3) is 7.39. The molecule has 5 nitrogen and oxygen atoms in total. The summed E-state index contributed by atoms with van der Waals surface area (Å²) >= 11 is 0. The van der Waals surface area contributed by atoms with Crippen molar-refractivity contribution in [2.75, 3.05) is 13.2 Å². The maximum absolute atomic E-state index is 11.6. The second kappa shape index (κ2) is 11.3. The Morgan fingerprint density at radius 3 is 1.75 bits per heavy atom. The predicted molar refractivity (Wildman–Crippen MR) is 81.9 cm³/mol. The van der Waals surface area contributed by atoms with E-state index in [4.69, 9.17) is 9.47 Å². The first-order chi connectivity index (χ1) is 8.89. The number of aliphatic carboxylic acids is 1. The van der Waals surface area contributed by atoms with Crippen molar-refractivity contribution in [1.29, 1.82) is 0 Å². The summed E-state index contributed by atoms with van der Waals surface area (Å²) in [5, 5.41) is 9.21. The van der Waals surface area contributed by atoms with Crippen LogP contribution < -0.4 is 0 Å². The smallest absolute Gasteiger partial charge is 0.319 e. The van der Waals surface area contributed by atoms with Crippen LogP contribution in [0.2, 0.25) is 0 Å². The molecule has 0 aliphatic rings. The van der Waals surface area contributed by atoms with Gasteiger partial charge in [0.05, 0.1) is 13.2 Å². The Hall–Kier alpha value is -0.408. The molecule has 6 heteroatoms. The number of hydrogen-bond acceptors (Lipinski definition) is 4. The number of ether oxygens (including phenoxy) is 2. The van der Waals surface area contributed by atoms with E-state index in [0.717, 1.165) is 25.7 Å². The third-order valence-corrected chi connectivity index (χ3v) is 2.95. The van der Waals surface area contributed by atoms with Crippen LogP contribution in [0, 0.1) is 5.92 Å². The quantitative estimate of drug-likeness (QED) is 0.271. The molecule has 0 amide bonds. The fraction of sp³-hybridized carbons (Fsp3) is 0.857. The molecule has 1 unspecified atom stereocenters. The summed E-state index contributed by atoms with van der Waals surface area (Å²) in [6.45, 7) is 7.59. The summed E-state index contributed by atoms with van der Waals surface area (Å²) in [6.07, 6.45) is 3.47. The van der Waals surface area contributed by atoms with Crippen molar-refractivity contribution >= 4 is 29.1 Å². The van der Waals surface area contributed by atoms with E-state index in [1.165, 1.54) is 6.92 Å². The molecule has 0 aliphatic heterocycles. The van der Waals surface area contributed by atoms with Gasteiger partial charge >= 0.3 is 5.97 Å². The number of ketones is 1. The zero-order valence-electron chi connectivity index (χ0n) is 12.4. The van der Waals surface area contributed by atoms with E-state index in [1.54, 1.807) is 6.92 Å². The lowest BCUT2D eigenvalue weighted by atomic mass is 9.95. The average molecular weight is 304 g/mol. The Labute approximate surface area is 132 Å². The van der Waals surface area contributed by atoms with Crippen LogP contribution in [-0.4, -0.2) is 53.2 Å². The van der Waals surface area contributed by atoms with Gasteiger partial charge in [0.2, 0.25) is 0 Å². The van der Waals surface area contributed by atoms with Crippen LogP contribution in [0.3, 0.4) is 0 Å². The lowest BCUT2D eigenvalue weighted by Crippen LogP contribution is -2.48. The number of carbonyl (C=O) groups excluding carboxylic acids is 1. The summed E-state index contributed by atoms with van der Waals surface area (Å²) < 4.78 is 11.2. The van der Waals surface area contributed by atoms with Gasteiger partial charge in [-0.15, -0.1) is 0 Å². The van der Waals surface area contributed by atoms with Crippen LogP contribution in [-0.2, 0) is 19.1 Å². The number of carboxylic acids is 1. The molecule has 0 aliphatic carbocycles. The Balaban J connectivity index is 0. The van der Waals surface area contributed by atoms with Crippen molar-refractivity contribution in [1.82, 2.24) is 0 Å². The van der Waals surface area contributed by atoms with Gasteiger partial charge in [0.15, 0.2) is 29.1 Å². The highest BCUT2D eigenvalue weighted by molar-refractivity contribution is 5.98. The largest absolute Gasteiger partial charge is 0.481 e. The molecule has 1 atom stereocenters. The number of carboxylic acid groups (broad SMARTS) is 1. The number of rotatable bonds is 11. The summed E-state index contributed by atoms with van der Waals surface area (Å²) in [7, 11) is 0. The normalized spacial score (nSPS) is 12.6. The SMILES string of the molecule is CCCCOC(C)(OCCCC)C(C(C)=O)C(=O)O.[AlH3]. The van der Waals surface area contributed by atoms with Crippen molar-refractivity contribution in [2.45, 2.75) is 59.2 Å². The first-order valence-corrected chi connectivity index (χ1v) is 6.90. The van der Waals surface area contributed by atoms with Crippen molar-refractivity contribution in [3.05, 3.63) is 0 Å². The van der Waals surface area contributed by atoms with Gasteiger partial charge in [0, 0.05) is 0 Å². The van der Waals surface area contributed by atoms with Gasteiger partial charge in [0.1, 0.15) is 5.78 Å². The maximum atomic E-state index is 11.6. The second-order valence-electron chi connectivity index (χ2n) is 4.80. The van der Waals surface area contributed by atoms with E-state index in [1.807, 2.05) is 13.8 Å². The Kier molecular flexibility index (Phi) is 12.3. The molecule has 0 spiro atoms. The van der Waals surface area contributed by atoms with Gasteiger partial charge in [-0.1, -0.05) is 26.7 Å². The molecule has 0 aromatic carbocycles. The topological polar surface area (TPSA) is 72.8 Å². The zero-order valence-corrected chi connectivity index (χ0v) is 12.4. The fourth-order valence-electron chi connectivity index (χ4n) is 1.81. The fourth-order valence-corrected chi connectivity index (χ4v) is 1.81. The summed E-state index contributed by atoms with van der Waals surface area (Å²) in [5.74, 6) is -4.34. The van der Waals surface area contributed by atoms with Crippen LogP contribution in [0.25, 0.3) is 0 Å². The summed E-state index contributed by atoms with van der Waals surface area (Å²) in [4.78, 5) is 22.8. The molecule has 1 N–H and O–H groups in total. The van der Waals surface area contributed by atoms with Crippen LogP contribution >= 0.6 is 0 Å². The molecule has 0 heterocycles. The van der Waals surface area contributed by atoms with Gasteiger partial charge < -0.3 is 14.6 Å². The van der Waals surface area contributed by atoms with E-state index >= 15 is 0 Å². The minimum absolute atomic E-state index is 0. The van der Waals surface area contributed by atoms with Gasteiger partial charge in [-0.3, -0.25) is 9.59 Å². The number of carbonyl (C=O) groups is 2. The first-order valence-electron chi connectivity index (χ1n) is 6.90. The molecule has 0 aromatic rings. The molecule has 0 bridgehead atoms. The third-order valence-electron chi connectivity index (χ3n) is 2.95. The van der Waals surface area contributed by atoms with Crippen LogP contribution in [0.15, 0.2) is 0 Å². The summed E-state index contributed by atoms with van der Waals surface area (Å²) in [5.41, 5.74) is 0. The molecule has 0 saturated carbocycles. The minimum Gasteiger partial charge on any atom is -0.481 e. The Morgan fingerprint density at radius 1 is 1.10 bits per heavy atom. The zero-order chi connectivity index (χ0) is 14.9. The summed E-state index contributed by atoms with van der Waals surface area (Å²) in [6, 6.07) is 0. The maximum Gasteiger partial charge on any atom is 0.319 e. The molecular formula is C14H29AlO5. The average Bonchev–Trinajstić information content (AvgIpc) is 2.28. The van der Waals surface area contributed by atoms with E-state index < -0.39 is 23.5 Å². The molecule has 0 radical (unpaired) electrons. The standard InChI is InChI=1S/C14H26O5.Al.3H/c1-5-7-9-18-14(4,19-10-8-6-2)12(11(3)15)13(16)17;;;;/h12H,5-10H2,1-4H3,(H,16,17);;;;. The molecule has 0 fully saturated rings. The highest BCUT2D eigenvalue weighted by Crippen LogP contribution is 2.26. The van der Waals surface area contributed by atoms with Gasteiger partial charge in [-0.2, -0.15) is 0 Å². The van der Waals surface area contributed by atoms with Crippen molar-refractivity contribution < 1.29 is 24.2 Å². The van der Waals surface area contributed by atoms with E-state index in [2.05, 4.69) is 0 Å². The van der Waals surface area contributed by atoms with Crippen LogP contribution in [0.4, 0.5) is 0 Å². The highest BCUT2D eigenvalue weighted by Gasteiger charge is 2.44. The first kappa shape index (κ1) is 21.9. The molecule has 0 rings (SSSR count). The molecule has 0 aromatic heterocycles. The van der Waals surface area contributed by atoms with Crippen LogP contribution in [0.5, 0.6) is 0 Å². The highest BCUT2D eigenvalue weighted by atomic mass is 27.0. The number of hydrogen-bond donors (Lipinski definition) is 1. The second-order valence-corrected chi connectivity index (χ2v) is 4.80. The number of Topliss-reactive ketones (excluding diaryl/α,β-unsaturated/α-hetero) is 1. The van der Waals surface area contributed by atoms with Crippen LogP contribution in [0.1, 0.15) is 53.4 Å². The lowest BCUT2D eigenvalue weighted by Gasteiger charge is -2.34. The van der Waals surface area contributed by atoms with Crippen molar-refractivity contribution in [3.63, 3.8) is 0 Å². The molecule has 118 valence electrons. The molecule has 20 heavy (non-hydrogen) atoms. The lowest BCUT2D eigenvalue weighted by molar-refractivity contribution is -0.252. The Morgan fingerprint density at radius 2 is 1.50 bits per heavy atom. The predicted octanol–water partition coefficient (Wildman–Crippen LogP) is 1.44. The van der Waals surface area contributed by atoms with E-state index in [9.17, 15) is 14.7 Å². The molecular weight excluding hydrogens is 275 g/mol. The van der Waals surface area contributed by atoms with Gasteiger partial charge in [-0.05, 0) is 26.7 Å². The van der Waals surface area contributed by atoms with Crippen molar-refractivity contribution in [2.24, 2.45) is 5.92 Å².